The van der Waals surface area contributed by atoms with E-state index in [9.17, 15) is 4.39 Å². The van der Waals surface area contributed by atoms with Crippen molar-refractivity contribution in [2.75, 3.05) is 7.05 Å². The number of aromatic nitrogens is 4. The molecule has 0 N–H and O–H groups in total. The number of rotatable bonds is 2. The highest BCUT2D eigenvalue weighted by molar-refractivity contribution is 6.30. The molecule has 1 aliphatic carbocycles. The molecule has 0 unspecified atom stereocenters. The van der Waals surface area contributed by atoms with Gasteiger partial charge in [0.1, 0.15) is 11.6 Å². The zero-order valence-electron chi connectivity index (χ0n) is 16.4. The molecular formula is C22H23ClFN5. The molecule has 3 aromatic rings. The third-order valence-electron chi connectivity index (χ3n) is 6.15. The van der Waals surface area contributed by atoms with Crippen LogP contribution in [0.1, 0.15) is 60.4 Å². The lowest BCUT2D eigenvalue weighted by atomic mass is 9.80. The van der Waals surface area contributed by atoms with Gasteiger partial charge in [-0.05, 0) is 68.6 Å². The van der Waals surface area contributed by atoms with Crippen LogP contribution in [0.25, 0.3) is 5.69 Å². The van der Waals surface area contributed by atoms with Crippen molar-refractivity contribution in [1.82, 2.24) is 24.6 Å². The summed E-state index contributed by atoms with van der Waals surface area (Å²) >= 11 is 6.26. The van der Waals surface area contributed by atoms with Crippen LogP contribution in [0.2, 0.25) is 5.02 Å². The highest BCUT2D eigenvalue weighted by atomic mass is 35.5. The Labute approximate surface area is 174 Å². The second kappa shape index (κ2) is 7.50. The van der Waals surface area contributed by atoms with E-state index in [4.69, 9.17) is 11.6 Å². The first-order valence-electron chi connectivity index (χ1n) is 10.1. The minimum absolute atomic E-state index is 0.280. The van der Waals surface area contributed by atoms with Crippen LogP contribution >= 0.6 is 11.6 Å². The molecule has 0 radical (unpaired) electrons. The van der Waals surface area contributed by atoms with Crippen molar-refractivity contribution >= 4 is 11.6 Å². The molecule has 2 aliphatic rings. The van der Waals surface area contributed by atoms with Crippen molar-refractivity contribution in [3.63, 3.8) is 0 Å². The van der Waals surface area contributed by atoms with Gasteiger partial charge in [-0.25, -0.2) is 4.39 Å². The van der Waals surface area contributed by atoms with Gasteiger partial charge in [-0.1, -0.05) is 11.6 Å². The summed E-state index contributed by atoms with van der Waals surface area (Å²) < 4.78 is 15.4. The third kappa shape index (κ3) is 3.55. The topological polar surface area (TPSA) is 46.8 Å². The first-order valence-corrected chi connectivity index (χ1v) is 10.5. The summed E-state index contributed by atoms with van der Waals surface area (Å²) in [5.74, 6) is 2.49. The minimum atomic E-state index is -0.280. The van der Waals surface area contributed by atoms with E-state index in [1.54, 1.807) is 0 Å². The molecule has 150 valence electrons. The average molecular weight is 412 g/mol. The van der Waals surface area contributed by atoms with Crippen LogP contribution in [0.5, 0.6) is 0 Å². The first kappa shape index (κ1) is 18.7. The fourth-order valence-corrected chi connectivity index (χ4v) is 4.92. The van der Waals surface area contributed by atoms with Gasteiger partial charge in [-0.2, -0.15) is 0 Å². The maximum atomic E-state index is 13.2. The molecule has 0 atom stereocenters. The quantitative estimate of drug-likeness (QED) is 0.605. The average Bonchev–Trinajstić information content (AvgIpc) is 3.06. The fourth-order valence-electron chi connectivity index (χ4n) is 4.72. The zero-order valence-corrected chi connectivity index (χ0v) is 17.1. The lowest BCUT2D eigenvalue weighted by molar-refractivity contribution is 0.315. The number of halogens is 2. The second-order valence-corrected chi connectivity index (χ2v) is 8.64. The van der Waals surface area contributed by atoms with E-state index in [0.717, 1.165) is 66.8 Å². The van der Waals surface area contributed by atoms with E-state index in [1.807, 2.05) is 18.2 Å². The lowest BCUT2D eigenvalue weighted by Gasteiger charge is -2.28. The highest BCUT2D eigenvalue weighted by Crippen LogP contribution is 2.41. The van der Waals surface area contributed by atoms with Crippen LogP contribution in [0, 0.1) is 5.82 Å². The summed E-state index contributed by atoms with van der Waals surface area (Å²) in [6.07, 6.45) is 5.43. The van der Waals surface area contributed by atoms with Crippen LogP contribution in [0.4, 0.5) is 4.39 Å². The molecule has 7 heteroatoms. The van der Waals surface area contributed by atoms with E-state index >= 15 is 0 Å². The summed E-state index contributed by atoms with van der Waals surface area (Å²) in [4.78, 5) is 6.53. The maximum Gasteiger partial charge on any atom is 0.151 e. The van der Waals surface area contributed by atoms with E-state index in [0.29, 0.717) is 11.8 Å². The van der Waals surface area contributed by atoms with Gasteiger partial charge < -0.3 is 0 Å². The second-order valence-electron chi connectivity index (χ2n) is 8.20. The predicted octanol–water partition coefficient (Wildman–Crippen LogP) is 4.84. The summed E-state index contributed by atoms with van der Waals surface area (Å²) in [7, 11) is 2.09. The molecule has 0 bridgehead atoms. The monoisotopic (exact) mass is 411 g/mol. The van der Waals surface area contributed by atoms with Crippen LogP contribution < -0.4 is 0 Å². The van der Waals surface area contributed by atoms with Crippen LogP contribution in [0.3, 0.4) is 0 Å². The van der Waals surface area contributed by atoms with E-state index in [1.165, 1.54) is 17.8 Å². The molecular weight excluding hydrogens is 389 g/mol. The standard InChI is InChI=1S/C22H23ClFN5/c1-28-12-16-10-17(23)6-9-20(16)29-21(13-28)26-27-22(29)15-4-2-14(3-5-15)19-8-7-18(24)11-25-19/h6-11,14-15H,2-5,12-13H2,1H3/t14-,15-. The van der Waals surface area contributed by atoms with Gasteiger partial charge in [0.05, 0.1) is 18.4 Å². The molecule has 0 amide bonds. The number of nitrogens with zero attached hydrogens (tertiary/aromatic N) is 5. The van der Waals surface area contributed by atoms with Crippen molar-refractivity contribution in [3.05, 3.63) is 70.3 Å². The van der Waals surface area contributed by atoms with Gasteiger partial charge in [0.15, 0.2) is 5.82 Å². The summed E-state index contributed by atoms with van der Waals surface area (Å²) in [6, 6.07) is 9.39. The molecule has 5 nitrogen and oxygen atoms in total. The molecule has 0 saturated heterocycles. The fraction of sp³-hybridized carbons (Fsp3) is 0.409. The summed E-state index contributed by atoms with van der Waals surface area (Å²) in [5.41, 5.74) is 3.33. The molecule has 5 rings (SSSR count). The Morgan fingerprint density at radius 3 is 2.55 bits per heavy atom. The van der Waals surface area contributed by atoms with Gasteiger partial charge in [-0.15, -0.1) is 10.2 Å². The van der Waals surface area contributed by atoms with Crippen molar-refractivity contribution < 1.29 is 4.39 Å². The van der Waals surface area contributed by atoms with E-state index in [2.05, 4.69) is 37.8 Å². The Balaban J connectivity index is 1.43. The third-order valence-corrected chi connectivity index (χ3v) is 6.39. The number of hydrogen-bond acceptors (Lipinski definition) is 4. The first-order chi connectivity index (χ1) is 14.1. The van der Waals surface area contributed by atoms with Crippen LogP contribution in [-0.2, 0) is 13.1 Å². The minimum Gasteiger partial charge on any atom is -0.295 e. The molecule has 1 saturated carbocycles. The van der Waals surface area contributed by atoms with Crippen LogP contribution in [0.15, 0.2) is 36.5 Å². The molecule has 2 aromatic heterocycles. The normalized spacial score (nSPS) is 22.0. The lowest BCUT2D eigenvalue weighted by Crippen LogP contribution is -2.17. The largest absolute Gasteiger partial charge is 0.295 e. The highest BCUT2D eigenvalue weighted by Gasteiger charge is 2.30. The predicted molar refractivity (Wildman–Crippen MR) is 110 cm³/mol. The van der Waals surface area contributed by atoms with Gasteiger partial charge >= 0.3 is 0 Å². The SMILES string of the molecule is CN1Cc2cc(Cl)ccc2-n2c(nnc2[C@H]2CC[C@H](c3ccc(F)cn3)CC2)C1. The van der Waals surface area contributed by atoms with Crippen molar-refractivity contribution in [1.29, 1.82) is 0 Å². The Bertz CT molecular complexity index is 1020. The van der Waals surface area contributed by atoms with Crippen molar-refractivity contribution in [2.45, 2.75) is 50.6 Å². The number of benzene rings is 1. The zero-order chi connectivity index (χ0) is 20.0. The Morgan fingerprint density at radius 1 is 1.00 bits per heavy atom. The molecule has 0 spiro atoms. The van der Waals surface area contributed by atoms with Gasteiger partial charge in [-0.3, -0.25) is 14.5 Å². The van der Waals surface area contributed by atoms with Crippen LogP contribution in [-0.4, -0.2) is 31.7 Å². The number of fused-ring (bicyclic) bond motifs is 3. The molecule has 3 heterocycles. The molecule has 29 heavy (non-hydrogen) atoms. The molecule has 1 aromatic carbocycles. The summed E-state index contributed by atoms with van der Waals surface area (Å²) in [5, 5.41) is 9.90. The van der Waals surface area contributed by atoms with E-state index in [-0.39, 0.29) is 5.82 Å². The Kier molecular flexibility index (Phi) is 4.84. The smallest absolute Gasteiger partial charge is 0.151 e. The number of pyridine rings is 1. The van der Waals surface area contributed by atoms with Crippen molar-refractivity contribution in [2.24, 2.45) is 0 Å². The molecule has 1 fully saturated rings. The van der Waals surface area contributed by atoms with Gasteiger partial charge in [0, 0.05) is 29.1 Å². The Hall–Kier alpha value is -2.31. The van der Waals surface area contributed by atoms with E-state index < -0.39 is 0 Å². The Morgan fingerprint density at radius 2 is 1.79 bits per heavy atom. The summed E-state index contributed by atoms with van der Waals surface area (Å²) in [6.45, 7) is 1.59. The molecule has 1 aliphatic heterocycles. The van der Waals surface area contributed by atoms with Gasteiger partial charge in [0.2, 0.25) is 0 Å². The number of hydrogen-bond donors (Lipinski definition) is 0. The van der Waals surface area contributed by atoms with Gasteiger partial charge in [0.25, 0.3) is 0 Å². The maximum absolute atomic E-state index is 13.2. The van der Waals surface area contributed by atoms with Crippen molar-refractivity contribution in [3.8, 4) is 5.69 Å².